The molecule has 0 heterocycles. The number of rotatable bonds is 2. The van der Waals surface area contributed by atoms with E-state index in [1.807, 2.05) is 20.8 Å². The summed E-state index contributed by atoms with van der Waals surface area (Å²) in [6.07, 6.45) is -0.827. The van der Waals surface area contributed by atoms with Crippen molar-refractivity contribution in [1.82, 2.24) is 0 Å². The molecule has 0 spiro atoms. The zero-order chi connectivity index (χ0) is 13.4. The van der Waals surface area contributed by atoms with Gasteiger partial charge in [0.05, 0.1) is 17.2 Å². The van der Waals surface area contributed by atoms with Gasteiger partial charge in [-0.1, -0.05) is 44.0 Å². The summed E-state index contributed by atoms with van der Waals surface area (Å²) in [7, 11) is 0. The van der Waals surface area contributed by atoms with Crippen LogP contribution in [0.4, 0.5) is 0 Å². The summed E-state index contributed by atoms with van der Waals surface area (Å²) in [6, 6.07) is 2.09. The normalized spacial score (nSPS) is 15.7. The number of aliphatic hydroxyl groups excluding tert-OH is 1. The van der Waals surface area contributed by atoms with Gasteiger partial charge in [-0.15, -0.1) is 0 Å². The first-order chi connectivity index (χ1) is 7.64. The molecule has 0 radical (unpaired) electrons. The van der Waals surface area contributed by atoms with Crippen LogP contribution in [-0.2, 0) is 0 Å². The van der Waals surface area contributed by atoms with E-state index in [1.165, 1.54) is 12.1 Å². The fraction of sp³-hybridized carbons (Fsp3) is 0.500. The minimum Gasteiger partial charge on any atom is -0.507 e. The summed E-state index contributed by atoms with van der Waals surface area (Å²) in [5, 5.41) is 20.5. The molecule has 0 amide bonds. The second-order valence-corrected chi connectivity index (χ2v) is 6.00. The van der Waals surface area contributed by atoms with Crippen LogP contribution in [0.15, 0.2) is 12.1 Å². The van der Waals surface area contributed by atoms with Crippen LogP contribution in [-0.4, -0.2) is 16.3 Å². The van der Waals surface area contributed by atoms with Gasteiger partial charge >= 0.3 is 0 Å². The average Bonchev–Trinajstić information content (AvgIpc) is 2.13. The molecule has 0 aliphatic rings. The maximum atomic E-state index is 10.1. The van der Waals surface area contributed by atoms with Gasteiger partial charge in [-0.3, -0.25) is 0 Å². The molecule has 2 atom stereocenters. The molecule has 0 aliphatic heterocycles. The van der Waals surface area contributed by atoms with E-state index in [4.69, 9.17) is 28.9 Å². The number of hydrogen-bond acceptors (Lipinski definition) is 3. The molecule has 0 saturated heterocycles. The Morgan fingerprint density at radius 1 is 1.24 bits per heavy atom. The number of benzene rings is 1. The lowest BCUT2D eigenvalue weighted by atomic mass is 9.82. The Morgan fingerprint density at radius 3 is 2.18 bits per heavy atom. The monoisotopic (exact) mass is 277 g/mol. The number of hydrogen-bond donors (Lipinski definition) is 3. The number of aromatic hydroxyl groups is 1. The summed E-state index contributed by atoms with van der Waals surface area (Å²) in [5.41, 5.74) is 5.85. The van der Waals surface area contributed by atoms with Gasteiger partial charge < -0.3 is 15.9 Å². The molecule has 1 aromatic carbocycles. The molecule has 17 heavy (non-hydrogen) atoms. The van der Waals surface area contributed by atoms with E-state index >= 15 is 0 Å². The van der Waals surface area contributed by atoms with E-state index in [0.29, 0.717) is 10.6 Å². The highest BCUT2D eigenvalue weighted by molar-refractivity contribution is 6.35. The maximum absolute atomic E-state index is 10.1. The Kier molecular flexibility index (Phi) is 4.31. The van der Waals surface area contributed by atoms with E-state index in [0.717, 1.165) is 0 Å². The quantitative estimate of drug-likeness (QED) is 0.778. The van der Waals surface area contributed by atoms with Crippen molar-refractivity contribution in [3.63, 3.8) is 0 Å². The van der Waals surface area contributed by atoms with Crippen molar-refractivity contribution in [2.45, 2.75) is 32.9 Å². The molecule has 3 nitrogen and oxygen atoms in total. The zero-order valence-corrected chi connectivity index (χ0v) is 11.5. The molecule has 0 bridgehead atoms. The standard InChI is InChI=1S/C12H17Cl2NO2/c1-12(2,3)11(17)10(15)9-7(14)4-6(13)5-8(9)16/h4-5,10-11,16-17H,15H2,1-3H3/t10-,11-/m0/s1. The van der Waals surface area contributed by atoms with Gasteiger partial charge in [-0.25, -0.2) is 0 Å². The SMILES string of the molecule is CC(C)(C)[C@@H](O)[C@@H](N)c1c(O)cc(Cl)cc1Cl. The molecular formula is C12H17Cl2NO2. The van der Waals surface area contributed by atoms with Gasteiger partial charge in [0, 0.05) is 10.6 Å². The predicted octanol–water partition coefficient (Wildman–Crippen LogP) is 3.11. The lowest BCUT2D eigenvalue weighted by molar-refractivity contribution is 0.0395. The highest BCUT2D eigenvalue weighted by atomic mass is 35.5. The molecule has 0 fully saturated rings. The first-order valence-electron chi connectivity index (χ1n) is 5.26. The first kappa shape index (κ1) is 14.6. The van der Waals surface area contributed by atoms with Crippen molar-refractivity contribution in [3.8, 4) is 5.75 Å². The summed E-state index contributed by atoms with van der Waals surface area (Å²) >= 11 is 11.7. The largest absolute Gasteiger partial charge is 0.507 e. The molecule has 0 unspecified atom stereocenters. The third kappa shape index (κ3) is 3.26. The van der Waals surface area contributed by atoms with Gasteiger partial charge in [0.15, 0.2) is 0 Å². The molecule has 1 rings (SSSR count). The summed E-state index contributed by atoms with van der Waals surface area (Å²) in [4.78, 5) is 0. The minimum atomic E-state index is -0.827. The van der Waals surface area contributed by atoms with Crippen LogP contribution >= 0.6 is 23.2 Å². The third-order valence-corrected chi connectivity index (χ3v) is 3.16. The van der Waals surface area contributed by atoms with Crippen LogP contribution in [0.2, 0.25) is 10.0 Å². The number of aliphatic hydroxyl groups is 1. The van der Waals surface area contributed by atoms with Crippen molar-refractivity contribution in [2.24, 2.45) is 11.1 Å². The van der Waals surface area contributed by atoms with E-state index in [-0.39, 0.29) is 10.8 Å². The van der Waals surface area contributed by atoms with Crippen LogP contribution in [0.1, 0.15) is 32.4 Å². The molecule has 0 aromatic heterocycles. The Bertz CT molecular complexity index is 392. The number of phenols is 1. The van der Waals surface area contributed by atoms with Gasteiger partial charge in [0.25, 0.3) is 0 Å². The molecular weight excluding hydrogens is 261 g/mol. The molecule has 5 heteroatoms. The van der Waals surface area contributed by atoms with Gasteiger partial charge in [-0.05, 0) is 17.5 Å². The Labute approximate surface area is 111 Å². The molecule has 96 valence electrons. The van der Waals surface area contributed by atoms with Gasteiger partial charge in [0.2, 0.25) is 0 Å². The third-order valence-electron chi connectivity index (χ3n) is 2.63. The van der Waals surface area contributed by atoms with Crippen LogP contribution in [0.25, 0.3) is 0 Å². The van der Waals surface area contributed by atoms with Crippen LogP contribution in [0.3, 0.4) is 0 Å². The predicted molar refractivity (Wildman–Crippen MR) is 70.5 cm³/mol. The minimum absolute atomic E-state index is 0.0988. The Hall–Kier alpha value is -0.480. The number of halogens is 2. The van der Waals surface area contributed by atoms with Crippen LogP contribution in [0, 0.1) is 5.41 Å². The van der Waals surface area contributed by atoms with Crippen molar-refractivity contribution in [1.29, 1.82) is 0 Å². The second-order valence-electron chi connectivity index (χ2n) is 5.16. The van der Waals surface area contributed by atoms with E-state index in [2.05, 4.69) is 0 Å². The zero-order valence-electron chi connectivity index (χ0n) is 10.0. The Morgan fingerprint density at radius 2 is 1.76 bits per heavy atom. The molecule has 4 N–H and O–H groups in total. The summed E-state index contributed by atoms with van der Waals surface area (Å²) in [6.45, 7) is 5.58. The van der Waals surface area contributed by atoms with Crippen molar-refractivity contribution in [3.05, 3.63) is 27.7 Å². The lowest BCUT2D eigenvalue weighted by Crippen LogP contribution is -2.37. The highest BCUT2D eigenvalue weighted by Crippen LogP contribution is 2.38. The van der Waals surface area contributed by atoms with E-state index in [9.17, 15) is 10.2 Å². The van der Waals surface area contributed by atoms with E-state index < -0.39 is 17.6 Å². The lowest BCUT2D eigenvalue weighted by Gasteiger charge is -2.31. The first-order valence-corrected chi connectivity index (χ1v) is 6.01. The van der Waals surface area contributed by atoms with Crippen molar-refractivity contribution < 1.29 is 10.2 Å². The number of nitrogens with two attached hydrogens (primary N) is 1. The van der Waals surface area contributed by atoms with Crippen molar-refractivity contribution >= 4 is 23.2 Å². The smallest absolute Gasteiger partial charge is 0.123 e. The van der Waals surface area contributed by atoms with E-state index in [1.54, 1.807) is 0 Å². The summed E-state index contributed by atoms with van der Waals surface area (Å²) < 4.78 is 0. The second kappa shape index (κ2) is 5.02. The topological polar surface area (TPSA) is 66.5 Å². The number of phenolic OH excluding ortho intramolecular Hbond substituents is 1. The highest BCUT2D eigenvalue weighted by Gasteiger charge is 2.31. The van der Waals surface area contributed by atoms with Gasteiger partial charge in [-0.2, -0.15) is 0 Å². The molecule has 0 aliphatic carbocycles. The summed E-state index contributed by atoms with van der Waals surface area (Å²) in [5.74, 6) is -0.0988. The maximum Gasteiger partial charge on any atom is 0.123 e. The Balaban J connectivity index is 3.17. The van der Waals surface area contributed by atoms with Crippen LogP contribution in [0.5, 0.6) is 5.75 Å². The van der Waals surface area contributed by atoms with Crippen molar-refractivity contribution in [2.75, 3.05) is 0 Å². The fourth-order valence-electron chi connectivity index (χ4n) is 1.60. The van der Waals surface area contributed by atoms with Gasteiger partial charge in [0.1, 0.15) is 5.75 Å². The molecule has 1 aromatic rings. The average molecular weight is 278 g/mol. The molecule has 0 saturated carbocycles. The van der Waals surface area contributed by atoms with Crippen LogP contribution < -0.4 is 5.73 Å². The fourth-order valence-corrected chi connectivity index (χ4v) is 2.21.